The molecule has 8 heteroatoms. The van der Waals surface area contributed by atoms with Gasteiger partial charge in [-0.05, 0) is 19.3 Å². The topological polar surface area (TPSA) is 90.5 Å². The number of thioether (sulfide) groups is 1. The first kappa shape index (κ1) is 17.4. The maximum absolute atomic E-state index is 13.1. The zero-order valence-electron chi connectivity index (χ0n) is 14.1. The van der Waals surface area contributed by atoms with Gasteiger partial charge in [0.05, 0.1) is 12.1 Å². The standard InChI is InChI=1S/C16H26N4O3S/c1-2-3-6-9-20-12(21)7-4-5-8-16(14(22)19-20)13-11(10-24-16)17-15(23)18-13/h11,13H,2-10H2,1H3,(H,19,22)(H2,17,18,23)/t11-,13-,16-/m0/s1. The van der Waals surface area contributed by atoms with Crippen LogP contribution in [0.25, 0.3) is 0 Å². The second-order valence-corrected chi connectivity index (χ2v) is 8.15. The third kappa shape index (κ3) is 3.20. The Kier molecular flexibility index (Phi) is 5.22. The molecule has 0 bridgehead atoms. The van der Waals surface area contributed by atoms with Gasteiger partial charge >= 0.3 is 6.03 Å². The number of nitrogens with zero attached hydrogens (tertiary/aromatic N) is 1. The summed E-state index contributed by atoms with van der Waals surface area (Å²) >= 11 is 1.60. The van der Waals surface area contributed by atoms with Crippen molar-refractivity contribution in [3.05, 3.63) is 0 Å². The number of carbonyl (C=O) groups excluding carboxylic acids is 3. The molecule has 3 fully saturated rings. The van der Waals surface area contributed by atoms with Crippen LogP contribution in [-0.2, 0) is 9.59 Å². The van der Waals surface area contributed by atoms with Gasteiger partial charge in [-0.1, -0.05) is 26.2 Å². The number of hydrogen-bond acceptors (Lipinski definition) is 4. The van der Waals surface area contributed by atoms with Crippen molar-refractivity contribution in [3.63, 3.8) is 0 Å². The van der Waals surface area contributed by atoms with Crippen molar-refractivity contribution in [3.8, 4) is 0 Å². The fourth-order valence-electron chi connectivity index (χ4n) is 3.77. The van der Waals surface area contributed by atoms with Gasteiger partial charge in [-0.25, -0.2) is 4.79 Å². The van der Waals surface area contributed by atoms with Crippen LogP contribution in [0.15, 0.2) is 0 Å². The van der Waals surface area contributed by atoms with Crippen LogP contribution in [0, 0.1) is 0 Å². The molecule has 3 N–H and O–H groups in total. The van der Waals surface area contributed by atoms with Crippen molar-refractivity contribution >= 4 is 29.6 Å². The summed E-state index contributed by atoms with van der Waals surface area (Å²) in [5.74, 6) is 0.570. The monoisotopic (exact) mass is 354 g/mol. The van der Waals surface area contributed by atoms with Crippen LogP contribution in [0.3, 0.4) is 0 Å². The normalized spacial score (nSPS) is 33.4. The summed E-state index contributed by atoms with van der Waals surface area (Å²) < 4.78 is -0.683. The van der Waals surface area contributed by atoms with E-state index in [2.05, 4.69) is 23.0 Å². The summed E-state index contributed by atoms with van der Waals surface area (Å²) in [4.78, 5) is 37.1. The molecule has 1 spiro atoms. The molecule has 134 valence electrons. The maximum Gasteiger partial charge on any atom is 0.315 e. The highest BCUT2D eigenvalue weighted by Gasteiger charge is 2.58. The molecule has 3 atom stereocenters. The van der Waals surface area contributed by atoms with E-state index < -0.39 is 4.75 Å². The van der Waals surface area contributed by atoms with Crippen molar-refractivity contribution in [1.82, 2.24) is 21.1 Å². The first-order valence-electron chi connectivity index (χ1n) is 8.89. The highest BCUT2D eigenvalue weighted by atomic mass is 32.2. The molecule has 0 aromatic carbocycles. The summed E-state index contributed by atoms with van der Waals surface area (Å²) in [6.45, 7) is 2.66. The molecule has 7 nitrogen and oxygen atoms in total. The van der Waals surface area contributed by atoms with Gasteiger partial charge in [-0.3, -0.25) is 20.0 Å². The minimum atomic E-state index is -0.683. The summed E-state index contributed by atoms with van der Waals surface area (Å²) in [6, 6.07) is -0.424. The number of carbonyl (C=O) groups is 3. The Labute approximate surface area is 146 Å². The number of urea groups is 1. The van der Waals surface area contributed by atoms with Crippen LogP contribution < -0.4 is 16.1 Å². The Hall–Kier alpha value is -1.44. The second-order valence-electron chi connectivity index (χ2n) is 6.80. The van der Waals surface area contributed by atoms with Crippen LogP contribution in [-0.4, -0.2) is 52.0 Å². The van der Waals surface area contributed by atoms with Crippen LogP contribution in [0.5, 0.6) is 0 Å². The van der Waals surface area contributed by atoms with E-state index in [4.69, 9.17) is 0 Å². The zero-order valence-corrected chi connectivity index (χ0v) is 14.9. The maximum atomic E-state index is 13.1. The van der Waals surface area contributed by atoms with Crippen LogP contribution in [0.1, 0.15) is 51.9 Å². The molecule has 24 heavy (non-hydrogen) atoms. The van der Waals surface area contributed by atoms with E-state index in [1.54, 1.807) is 11.8 Å². The summed E-state index contributed by atoms with van der Waals surface area (Å²) in [7, 11) is 0. The van der Waals surface area contributed by atoms with E-state index in [0.29, 0.717) is 19.4 Å². The van der Waals surface area contributed by atoms with Gasteiger partial charge in [0.1, 0.15) is 4.75 Å². The Morgan fingerprint density at radius 1 is 1.21 bits per heavy atom. The lowest BCUT2D eigenvalue weighted by atomic mass is 9.89. The molecule has 0 aromatic heterocycles. The van der Waals surface area contributed by atoms with Gasteiger partial charge in [0.2, 0.25) is 5.91 Å². The molecule has 0 aliphatic carbocycles. The molecule has 3 saturated heterocycles. The quantitative estimate of drug-likeness (QED) is 0.522. The predicted octanol–water partition coefficient (Wildman–Crippen LogP) is 1.15. The largest absolute Gasteiger partial charge is 0.332 e. The SMILES string of the molecule is CCCCCN1NC(=O)[C@@]2(CCCCC1=O)SC[C@@H]1NC(=O)N[C@@H]12. The molecule has 4 amide bonds. The van der Waals surface area contributed by atoms with E-state index in [0.717, 1.165) is 37.9 Å². The van der Waals surface area contributed by atoms with Gasteiger partial charge < -0.3 is 10.6 Å². The minimum absolute atomic E-state index is 0.00960. The summed E-state index contributed by atoms with van der Waals surface area (Å²) in [5.41, 5.74) is 2.87. The van der Waals surface area contributed by atoms with Crippen LogP contribution >= 0.6 is 11.8 Å². The lowest BCUT2D eigenvalue weighted by Crippen LogP contribution is -2.59. The van der Waals surface area contributed by atoms with Crippen molar-refractivity contribution in [2.24, 2.45) is 0 Å². The molecular formula is C16H26N4O3S. The summed E-state index contributed by atoms with van der Waals surface area (Å²) in [6.07, 6.45) is 5.72. The Morgan fingerprint density at radius 2 is 2.04 bits per heavy atom. The average molecular weight is 354 g/mol. The Bertz CT molecular complexity index is 529. The van der Waals surface area contributed by atoms with Crippen molar-refractivity contribution < 1.29 is 14.4 Å². The van der Waals surface area contributed by atoms with Gasteiger partial charge in [0.15, 0.2) is 0 Å². The molecule has 0 saturated carbocycles. The molecule has 3 aliphatic rings. The smallest absolute Gasteiger partial charge is 0.315 e. The van der Waals surface area contributed by atoms with Crippen molar-refractivity contribution in [2.45, 2.75) is 68.7 Å². The van der Waals surface area contributed by atoms with Crippen LogP contribution in [0.2, 0.25) is 0 Å². The number of nitrogens with one attached hydrogen (secondary N) is 3. The number of unbranched alkanes of at least 4 members (excludes halogenated alkanes) is 2. The van der Waals surface area contributed by atoms with Gasteiger partial charge in [-0.15, -0.1) is 11.8 Å². The average Bonchev–Trinajstić information content (AvgIpc) is 3.09. The van der Waals surface area contributed by atoms with Gasteiger partial charge in [0, 0.05) is 18.7 Å². The molecule has 0 aromatic rings. The second kappa shape index (κ2) is 7.21. The number of fused-ring (bicyclic) bond motifs is 2. The Morgan fingerprint density at radius 3 is 2.83 bits per heavy atom. The van der Waals surface area contributed by atoms with Gasteiger partial charge in [0.25, 0.3) is 5.91 Å². The van der Waals surface area contributed by atoms with E-state index in [-0.39, 0.29) is 29.9 Å². The van der Waals surface area contributed by atoms with E-state index in [1.807, 2.05) is 0 Å². The molecule has 0 radical (unpaired) electrons. The van der Waals surface area contributed by atoms with Crippen LogP contribution in [0.4, 0.5) is 4.79 Å². The highest BCUT2D eigenvalue weighted by molar-refractivity contribution is 8.01. The lowest BCUT2D eigenvalue weighted by molar-refractivity contribution is -0.142. The first-order valence-corrected chi connectivity index (χ1v) is 9.88. The van der Waals surface area contributed by atoms with Crippen molar-refractivity contribution in [1.29, 1.82) is 0 Å². The lowest BCUT2D eigenvalue weighted by Gasteiger charge is -2.33. The van der Waals surface area contributed by atoms with E-state index >= 15 is 0 Å². The fourth-order valence-corrected chi connectivity index (χ4v) is 5.39. The number of amides is 4. The number of hydrazine groups is 1. The predicted molar refractivity (Wildman–Crippen MR) is 92.3 cm³/mol. The van der Waals surface area contributed by atoms with Crippen molar-refractivity contribution in [2.75, 3.05) is 12.3 Å². The molecule has 3 rings (SSSR count). The molecular weight excluding hydrogens is 328 g/mol. The molecule has 0 unspecified atom stereocenters. The third-order valence-electron chi connectivity index (χ3n) is 5.12. The number of rotatable bonds is 4. The van der Waals surface area contributed by atoms with E-state index in [1.165, 1.54) is 5.01 Å². The highest BCUT2D eigenvalue weighted by Crippen LogP contribution is 2.44. The Balaban J connectivity index is 1.77. The van der Waals surface area contributed by atoms with Gasteiger partial charge in [-0.2, -0.15) is 0 Å². The first-order chi connectivity index (χ1) is 11.6. The molecule has 3 heterocycles. The molecule has 3 aliphatic heterocycles. The minimum Gasteiger partial charge on any atom is -0.332 e. The van der Waals surface area contributed by atoms with E-state index in [9.17, 15) is 14.4 Å². The number of hydrogen-bond donors (Lipinski definition) is 3. The zero-order chi connectivity index (χ0) is 17.2. The third-order valence-corrected chi connectivity index (χ3v) is 6.81. The summed E-state index contributed by atoms with van der Waals surface area (Å²) in [5, 5.41) is 7.31. The fraction of sp³-hybridized carbons (Fsp3) is 0.812.